The molecule has 3 fully saturated rings. The number of ether oxygens (including phenoxy) is 1. The van der Waals surface area contributed by atoms with Crippen LogP contribution < -0.4 is 15.8 Å². The summed E-state index contributed by atoms with van der Waals surface area (Å²) < 4.78 is 10.4. The average molecular weight is 542 g/mol. The molecule has 1 saturated carbocycles. The van der Waals surface area contributed by atoms with Crippen molar-refractivity contribution in [1.82, 2.24) is 29.4 Å². The number of rotatable bonds is 7. The Hall–Kier alpha value is -3.92. The van der Waals surface area contributed by atoms with Crippen LogP contribution in [0.2, 0.25) is 0 Å². The van der Waals surface area contributed by atoms with Gasteiger partial charge in [0.15, 0.2) is 0 Å². The van der Waals surface area contributed by atoms with Gasteiger partial charge in [0.2, 0.25) is 11.8 Å². The van der Waals surface area contributed by atoms with Gasteiger partial charge in [-0.05, 0) is 62.8 Å². The Kier molecular flexibility index (Phi) is 6.22. The monoisotopic (exact) mass is 541 g/mol. The minimum Gasteiger partial charge on any atom is -0.476 e. The predicted molar refractivity (Wildman–Crippen MR) is 151 cm³/mol. The highest BCUT2D eigenvalue weighted by Gasteiger charge is 2.29. The molecule has 3 N–H and O–H groups in total. The van der Waals surface area contributed by atoms with Crippen molar-refractivity contribution in [1.29, 1.82) is 0 Å². The van der Waals surface area contributed by atoms with E-state index in [2.05, 4.69) is 27.9 Å². The van der Waals surface area contributed by atoms with Crippen molar-refractivity contribution in [3.05, 3.63) is 47.8 Å². The SMILES string of the molecule is Cc1c(-c2cc3ccnc(OCC4CNC(=O)C4)c3n2CC2CC2)nn2cc(C(=O)N3CCC[C@@H](N)C3)ccc12. The highest BCUT2D eigenvalue weighted by molar-refractivity contribution is 5.95. The van der Waals surface area contributed by atoms with Gasteiger partial charge >= 0.3 is 0 Å². The van der Waals surface area contributed by atoms with E-state index in [-0.39, 0.29) is 23.8 Å². The van der Waals surface area contributed by atoms with Crippen molar-refractivity contribution in [2.24, 2.45) is 17.6 Å². The largest absolute Gasteiger partial charge is 0.476 e. The maximum Gasteiger partial charge on any atom is 0.255 e. The number of fused-ring (bicyclic) bond motifs is 2. The summed E-state index contributed by atoms with van der Waals surface area (Å²) in [6, 6.07) is 8.11. The number of hydrogen-bond donors (Lipinski definition) is 2. The molecule has 2 amide bonds. The molecule has 4 aromatic heterocycles. The second-order valence-electron chi connectivity index (χ2n) is 11.7. The lowest BCUT2D eigenvalue weighted by Crippen LogP contribution is -2.45. The molecule has 7 rings (SSSR count). The molecule has 1 unspecified atom stereocenters. The van der Waals surface area contributed by atoms with Crippen molar-refractivity contribution in [2.45, 2.75) is 51.6 Å². The summed E-state index contributed by atoms with van der Waals surface area (Å²) >= 11 is 0. The lowest BCUT2D eigenvalue weighted by atomic mass is 10.1. The van der Waals surface area contributed by atoms with Crippen LogP contribution in [0.15, 0.2) is 36.7 Å². The Morgan fingerprint density at radius 2 is 2.08 bits per heavy atom. The van der Waals surface area contributed by atoms with Crippen LogP contribution in [0.4, 0.5) is 0 Å². The van der Waals surface area contributed by atoms with E-state index in [0.717, 1.165) is 59.3 Å². The minimum absolute atomic E-state index is 0.00151. The molecule has 2 saturated heterocycles. The van der Waals surface area contributed by atoms with Gasteiger partial charge in [-0.15, -0.1) is 0 Å². The molecule has 40 heavy (non-hydrogen) atoms. The molecule has 0 bridgehead atoms. The van der Waals surface area contributed by atoms with Gasteiger partial charge in [-0.3, -0.25) is 9.59 Å². The van der Waals surface area contributed by atoms with Crippen molar-refractivity contribution < 1.29 is 14.3 Å². The first-order valence-electron chi connectivity index (χ1n) is 14.4. The third-order valence-corrected chi connectivity index (χ3v) is 8.54. The summed E-state index contributed by atoms with van der Waals surface area (Å²) in [6.07, 6.45) is 8.42. The molecular weight excluding hydrogens is 506 g/mol. The number of amides is 2. The number of nitrogens with two attached hydrogens (primary N) is 1. The van der Waals surface area contributed by atoms with E-state index in [9.17, 15) is 9.59 Å². The van der Waals surface area contributed by atoms with Gasteiger partial charge < -0.3 is 25.3 Å². The summed E-state index contributed by atoms with van der Waals surface area (Å²) in [6.45, 7) is 5.37. The zero-order valence-electron chi connectivity index (χ0n) is 22.8. The molecule has 10 nitrogen and oxygen atoms in total. The zero-order chi connectivity index (χ0) is 27.4. The van der Waals surface area contributed by atoms with Crippen LogP contribution in [0, 0.1) is 18.8 Å². The Morgan fingerprint density at radius 1 is 1.20 bits per heavy atom. The quantitative estimate of drug-likeness (QED) is 0.371. The van der Waals surface area contributed by atoms with Crippen LogP contribution in [0.3, 0.4) is 0 Å². The van der Waals surface area contributed by atoms with Crippen LogP contribution in [0.5, 0.6) is 5.88 Å². The summed E-state index contributed by atoms with van der Waals surface area (Å²) in [7, 11) is 0. The Labute approximate surface area is 232 Å². The second kappa shape index (κ2) is 9.92. The van der Waals surface area contributed by atoms with Crippen LogP contribution in [-0.4, -0.2) is 68.2 Å². The third kappa shape index (κ3) is 4.60. The highest BCUT2D eigenvalue weighted by Crippen LogP contribution is 2.39. The van der Waals surface area contributed by atoms with Crippen LogP contribution >= 0.6 is 0 Å². The van der Waals surface area contributed by atoms with E-state index in [1.807, 2.05) is 33.8 Å². The van der Waals surface area contributed by atoms with E-state index in [4.69, 9.17) is 15.6 Å². The van der Waals surface area contributed by atoms with E-state index in [1.54, 1.807) is 6.20 Å². The summed E-state index contributed by atoms with van der Waals surface area (Å²) in [5.74, 6) is 1.44. The van der Waals surface area contributed by atoms with Crippen LogP contribution in [0.25, 0.3) is 27.8 Å². The van der Waals surface area contributed by atoms with Gasteiger partial charge in [-0.25, -0.2) is 9.50 Å². The minimum atomic E-state index is 0.00151. The van der Waals surface area contributed by atoms with Gasteiger partial charge in [-0.1, -0.05) is 0 Å². The number of pyridine rings is 2. The fraction of sp³-hybridized carbons (Fsp3) is 0.467. The highest BCUT2D eigenvalue weighted by atomic mass is 16.5. The van der Waals surface area contributed by atoms with Crippen molar-refractivity contribution in [2.75, 3.05) is 26.2 Å². The molecule has 2 atom stereocenters. The number of hydrogen-bond acceptors (Lipinski definition) is 6. The van der Waals surface area contributed by atoms with Gasteiger partial charge in [0.25, 0.3) is 5.91 Å². The first-order valence-corrected chi connectivity index (χ1v) is 14.4. The molecule has 4 aromatic rings. The fourth-order valence-electron chi connectivity index (χ4n) is 6.13. The van der Waals surface area contributed by atoms with Crippen LogP contribution in [0.1, 0.15) is 48.0 Å². The lowest BCUT2D eigenvalue weighted by molar-refractivity contribution is -0.119. The van der Waals surface area contributed by atoms with Crippen molar-refractivity contribution in [3.63, 3.8) is 0 Å². The predicted octanol–water partition coefficient (Wildman–Crippen LogP) is 3.15. The maximum absolute atomic E-state index is 13.2. The number of aromatic nitrogens is 4. The fourth-order valence-corrected chi connectivity index (χ4v) is 6.13. The van der Waals surface area contributed by atoms with E-state index in [1.165, 1.54) is 12.8 Å². The van der Waals surface area contributed by atoms with Gasteiger partial charge in [0.05, 0.1) is 23.4 Å². The van der Waals surface area contributed by atoms with Crippen molar-refractivity contribution in [3.8, 4) is 17.3 Å². The molecule has 10 heteroatoms. The number of nitrogens with zero attached hydrogens (tertiary/aromatic N) is 5. The molecule has 208 valence electrons. The first kappa shape index (κ1) is 25.1. The molecule has 0 spiro atoms. The molecule has 1 aliphatic carbocycles. The molecule has 0 aromatic carbocycles. The first-order chi connectivity index (χ1) is 19.4. The standard InChI is InChI=1S/C30H35N7O3/c1-18-24-7-6-22(30(39)35-10-2-3-23(31)16-35)15-37(24)34-27(18)25-12-21-8-9-32-29(28(21)36(25)14-19-4-5-19)40-17-20-11-26(38)33-13-20/h6-9,12,15,19-20,23H,2-5,10-11,13-14,16-17,31H2,1H3,(H,33,38)/t20?,23-/m1/s1. The molecule has 6 heterocycles. The number of piperidine rings is 1. The maximum atomic E-state index is 13.2. The zero-order valence-corrected chi connectivity index (χ0v) is 22.8. The Morgan fingerprint density at radius 3 is 2.85 bits per heavy atom. The van der Waals surface area contributed by atoms with E-state index >= 15 is 0 Å². The normalized spacial score (nSPS) is 21.4. The average Bonchev–Trinajstić information content (AvgIpc) is 3.43. The number of likely N-dealkylation sites (tertiary alicyclic amines) is 1. The number of carbonyl (C=O) groups excluding carboxylic acids is 2. The molecule has 3 aliphatic rings. The molecular formula is C30H35N7O3. The van der Waals surface area contributed by atoms with Crippen LogP contribution in [-0.2, 0) is 11.3 Å². The number of aryl methyl sites for hydroxylation is 1. The Bertz CT molecular complexity index is 1620. The second-order valence-corrected chi connectivity index (χ2v) is 11.7. The number of nitrogens with one attached hydrogen (secondary N) is 1. The third-order valence-electron chi connectivity index (χ3n) is 8.54. The summed E-state index contributed by atoms with van der Waals surface area (Å²) in [5.41, 5.74) is 11.7. The number of carbonyl (C=O) groups is 2. The topological polar surface area (TPSA) is 120 Å². The smallest absolute Gasteiger partial charge is 0.255 e. The summed E-state index contributed by atoms with van der Waals surface area (Å²) in [4.78, 5) is 31.4. The van der Waals surface area contributed by atoms with Gasteiger partial charge in [0, 0.05) is 67.9 Å². The van der Waals surface area contributed by atoms with Gasteiger partial charge in [-0.2, -0.15) is 5.10 Å². The van der Waals surface area contributed by atoms with Crippen molar-refractivity contribution >= 4 is 28.2 Å². The summed E-state index contributed by atoms with van der Waals surface area (Å²) in [5, 5.41) is 8.94. The lowest BCUT2D eigenvalue weighted by Gasteiger charge is -2.30. The molecule has 2 aliphatic heterocycles. The van der Waals surface area contributed by atoms with E-state index in [0.29, 0.717) is 43.5 Å². The van der Waals surface area contributed by atoms with Gasteiger partial charge in [0.1, 0.15) is 11.2 Å². The Balaban J connectivity index is 1.26. The molecule has 0 radical (unpaired) electrons. The van der Waals surface area contributed by atoms with E-state index < -0.39 is 0 Å².